The first-order chi connectivity index (χ1) is 8.79. The lowest BCUT2D eigenvalue weighted by Gasteiger charge is -2.05. The first-order valence-electron chi connectivity index (χ1n) is 5.67. The Morgan fingerprint density at radius 3 is 2.56 bits per heavy atom. The van der Waals surface area contributed by atoms with Crippen molar-refractivity contribution in [2.75, 3.05) is 0 Å². The van der Waals surface area contributed by atoms with Gasteiger partial charge in [-0.2, -0.15) is 0 Å². The number of amides is 1. The Bertz CT molecular complexity index is 549. The zero-order chi connectivity index (χ0) is 12.8. The summed E-state index contributed by atoms with van der Waals surface area (Å²) in [6.45, 7) is 0.477. The van der Waals surface area contributed by atoms with Gasteiger partial charge in [0.15, 0.2) is 0 Å². The minimum atomic E-state index is -0.178. The molecule has 2 aromatic carbocycles. The number of hydrogen-bond donors (Lipinski definition) is 1. The maximum absolute atomic E-state index is 11.9. The Morgan fingerprint density at radius 1 is 1.06 bits per heavy atom. The molecule has 0 aliphatic carbocycles. The summed E-state index contributed by atoms with van der Waals surface area (Å²) in [5, 5.41) is 2.81. The van der Waals surface area contributed by atoms with E-state index in [2.05, 4.69) is 5.32 Å². The van der Waals surface area contributed by atoms with Gasteiger partial charge in [0, 0.05) is 17.7 Å². The Morgan fingerprint density at radius 2 is 1.83 bits per heavy atom. The number of benzene rings is 2. The summed E-state index contributed by atoms with van der Waals surface area (Å²) in [4.78, 5) is 22.5. The van der Waals surface area contributed by atoms with E-state index in [9.17, 15) is 9.59 Å². The fourth-order valence-corrected chi connectivity index (χ4v) is 1.63. The predicted octanol–water partition coefficient (Wildman–Crippen LogP) is 2.43. The molecule has 3 nitrogen and oxygen atoms in total. The first-order valence-corrected chi connectivity index (χ1v) is 5.67. The molecule has 1 amide bonds. The highest BCUT2D eigenvalue weighted by molar-refractivity contribution is 5.95. The molecule has 0 fully saturated rings. The maximum atomic E-state index is 11.9. The highest BCUT2D eigenvalue weighted by Crippen LogP contribution is 2.04. The van der Waals surface area contributed by atoms with Crippen molar-refractivity contribution in [3.8, 4) is 0 Å². The van der Waals surface area contributed by atoms with Gasteiger partial charge in [-0.1, -0.05) is 42.5 Å². The van der Waals surface area contributed by atoms with E-state index in [4.69, 9.17) is 0 Å². The number of carbonyl (C=O) groups excluding carboxylic acids is 2. The van der Waals surface area contributed by atoms with E-state index in [0.29, 0.717) is 17.7 Å². The Kier molecular flexibility index (Phi) is 3.86. The fraction of sp³-hybridized carbons (Fsp3) is 0.0667. The van der Waals surface area contributed by atoms with Crippen molar-refractivity contribution in [3.05, 3.63) is 71.3 Å². The third kappa shape index (κ3) is 3.04. The van der Waals surface area contributed by atoms with Gasteiger partial charge in [0.05, 0.1) is 0 Å². The van der Waals surface area contributed by atoms with Crippen molar-refractivity contribution in [2.45, 2.75) is 6.54 Å². The van der Waals surface area contributed by atoms with E-state index in [1.807, 2.05) is 30.3 Å². The second kappa shape index (κ2) is 5.77. The molecule has 0 bridgehead atoms. The van der Waals surface area contributed by atoms with Crippen LogP contribution in [0.4, 0.5) is 0 Å². The normalized spacial score (nSPS) is 9.78. The molecule has 0 saturated carbocycles. The van der Waals surface area contributed by atoms with Crippen LogP contribution in [0.25, 0.3) is 0 Å². The van der Waals surface area contributed by atoms with Crippen molar-refractivity contribution in [1.29, 1.82) is 0 Å². The zero-order valence-electron chi connectivity index (χ0n) is 9.80. The standard InChI is InChI=1S/C15H13NO2/c17-11-13-7-4-8-14(9-13)15(18)16-10-12-5-2-1-3-6-12/h1-9,11H,10H2,(H,16,18). The molecule has 3 heteroatoms. The Hall–Kier alpha value is -2.42. The smallest absolute Gasteiger partial charge is 0.251 e. The highest BCUT2D eigenvalue weighted by Gasteiger charge is 2.05. The molecule has 0 unspecified atom stereocenters. The molecular weight excluding hydrogens is 226 g/mol. The second-order valence-corrected chi connectivity index (χ2v) is 3.91. The van der Waals surface area contributed by atoms with Crippen LogP contribution < -0.4 is 5.32 Å². The van der Waals surface area contributed by atoms with Crippen molar-refractivity contribution >= 4 is 12.2 Å². The summed E-state index contributed by atoms with van der Waals surface area (Å²) >= 11 is 0. The minimum Gasteiger partial charge on any atom is -0.348 e. The van der Waals surface area contributed by atoms with Crippen LogP contribution in [-0.2, 0) is 6.54 Å². The van der Waals surface area contributed by atoms with Gasteiger partial charge >= 0.3 is 0 Å². The van der Waals surface area contributed by atoms with E-state index in [1.54, 1.807) is 24.3 Å². The van der Waals surface area contributed by atoms with Crippen LogP contribution in [0.1, 0.15) is 26.3 Å². The maximum Gasteiger partial charge on any atom is 0.251 e. The lowest BCUT2D eigenvalue weighted by Crippen LogP contribution is -2.22. The SMILES string of the molecule is O=Cc1cccc(C(=O)NCc2ccccc2)c1. The molecule has 2 aromatic rings. The summed E-state index contributed by atoms with van der Waals surface area (Å²) in [6, 6.07) is 16.3. The Labute approximate surface area is 105 Å². The summed E-state index contributed by atoms with van der Waals surface area (Å²) in [7, 11) is 0. The summed E-state index contributed by atoms with van der Waals surface area (Å²) in [6.07, 6.45) is 0.730. The van der Waals surface area contributed by atoms with Crippen molar-refractivity contribution in [1.82, 2.24) is 5.32 Å². The number of carbonyl (C=O) groups is 2. The molecule has 0 saturated heterocycles. The van der Waals surface area contributed by atoms with Crippen LogP contribution in [0, 0.1) is 0 Å². The van der Waals surface area contributed by atoms with Crippen LogP contribution in [-0.4, -0.2) is 12.2 Å². The van der Waals surface area contributed by atoms with E-state index >= 15 is 0 Å². The van der Waals surface area contributed by atoms with E-state index in [1.165, 1.54) is 0 Å². The van der Waals surface area contributed by atoms with Gasteiger partial charge in [-0.05, 0) is 17.7 Å². The molecule has 0 aliphatic rings. The van der Waals surface area contributed by atoms with E-state index < -0.39 is 0 Å². The molecule has 1 N–H and O–H groups in total. The quantitative estimate of drug-likeness (QED) is 0.833. The number of rotatable bonds is 4. The van der Waals surface area contributed by atoms with Crippen LogP contribution in [0.5, 0.6) is 0 Å². The van der Waals surface area contributed by atoms with Crippen LogP contribution in [0.15, 0.2) is 54.6 Å². The molecule has 90 valence electrons. The molecule has 2 rings (SSSR count). The molecule has 0 spiro atoms. The van der Waals surface area contributed by atoms with E-state index in [-0.39, 0.29) is 5.91 Å². The second-order valence-electron chi connectivity index (χ2n) is 3.91. The Balaban J connectivity index is 2.01. The van der Waals surface area contributed by atoms with E-state index in [0.717, 1.165) is 11.8 Å². The van der Waals surface area contributed by atoms with Gasteiger partial charge in [0.25, 0.3) is 5.91 Å². The first kappa shape index (κ1) is 12.0. The molecule has 0 heterocycles. The predicted molar refractivity (Wildman–Crippen MR) is 69.4 cm³/mol. The number of nitrogens with one attached hydrogen (secondary N) is 1. The molecular formula is C15H13NO2. The molecule has 0 aromatic heterocycles. The topological polar surface area (TPSA) is 46.2 Å². The van der Waals surface area contributed by atoms with Gasteiger partial charge in [-0.15, -0.1) is 0 Å². The third-order valence-corrected chi connectivity index (χ3v) is 2.58. The van der Waals surface area contributed by atoms with Crippen LogP contribution >= 0.6 is 0 Å². The van der Waals surface area contributed by atoms with Crippen molar-refractivity contribution in [2.24, 2.45) is 0 Å². The number of aldehydes is 1. The van der Waals surface area contributed by atoms with Gasteiger partial charge < -0.3 is 5.32 Å². The van der Waals surface area contributed by atoms with Crippen LogP contribution in [0.3, 0.4) is 0 Å². The average molecular weight is 239 g/mol. The third-order valence-electron chi connectivity index (χ3n) is 2.58. The van der Waals surface area contributed by atoms with Crippen molar-refractivity contribution in [3.63, 3.8) is 0 Å². The fourth-order valence-electron chi connectivity index (χ4n) is 1.63. The van der Waals surface area contributed by atoms with Crippen molar-refractivity contribution < 1.29 is 9.59 Å². The zero-order valence-corrected chi connectivity index (χ0v) is 9.80. The van der Waals surface area contributed by atoms with Gasteiger partial charge in [0.2, 0.25) is 0 Å². The van der Waals surface area contributed by atoms with Crippen LogP contribution in [0.2, 0.25) is 0 Å². The lowest BCUT2D eigenvalue weighted by molar-refractivity contribution is 0.0951. The average Bonchev–Trinajstić information content (AvgIpc) is 2.46. The van der Waals surface area contributed by atoms with Gasteiger partial charge in [-0.3, -0.25) is 9.59 Å². The summed E-state index contributed by atoms with van der Waals surface area (Å²) < 4.78 is 0. The summed E-state index contributed by atoms with van der Waals surface area (Å²) in [5.74, 6) is -0.178. The minimum absolute atomic E-state index is 0.178. The molecule has 0 atom stereocenters. The molecule has 0 aliphatic heterocycles. The largest absolute Gasteiger partial charge is 0.348 e. The molecule has 0 radical (unpaired) electrons. The van der Waals surface area contributed by atoms with Gasteiger partial charge in [-0.25, -0.2) is 0 Å². The van der Waals surface area contributed by atoms with Gasteiger partial charge in [0.1, 0.15) is 6.29 Å². The summed E-state index contributed by atoms with van der Waals surface area (Å²) in [5.41, 5.74) is 2.04. The lowest BCUT2D eigenvalue weighted by atomic mass is 10.1. The highest BCUT2D eigenvalue weighted by atomic mass is 16.1. The monoisotopic (exact) mass is 239 g/mol. The number of hydrogen-bond acceptors (Lipinski definition) is 2. The molecule has 18 heavy (non-hydrogen) atoms.